The van der Waals surface area contributed by atoms with Crippen LogP contribution in [-0.2, 0) is 9.53 Å². The van der Waals surface area contributed by atoms with Crippen molar-refractivity contribution < 1.29 is 23.8 Å². The Morgan fingerprint density at radius 1 is 1.04 bits per heavy atom. The quantitative estimate of drug-likeness (QED) is 0.319. The third kappa shape index (κ3) is 4.94. The average molecular weight is 340 g/mol. The zero-order chi connectivity index (χ0) is 18.2. The first-order valence-electron chi connectivity index (χ1n) is 7.76. The number of esters is 1. The van der Waals surface area contributed by atoms with E-state index in [2.05, 4.69) is 6.58 Å². The molecule has 0 saturated heterocycles. The van der Waals surface area contributed by atoms with E-state index in [1.54, 1.807) is 49.4 Å². The van der Waals surface area contributed by atoms with Crippen LogP contribution in [0.15, 0.2) is 60.7 Å². The van der Waals surface area contributed by atoms with Gasteiger partial charge in [-0.1, -0.05) is 36.9 Å². The number of hydrogen-bond acceptors (Lipinski definition) is 5. The number of hydrogen-bond donors (Lipinski definition) is 0. The summed E-state index contributed by atoms with van der Waals surface area (Å²) in [6, 6.07) is 13.9. The van der Waals surface area contributed by atoms with Gasteiger partial charge in [-0.2, -0.15) is 0 Å². The molecule has 0 spiro atoms. The fourth-order valence-electron chi connectivity index (χ4n) is 2.09. The predicted octanol–water partition coefficient (Wildman–Crippen LogP) is 3.42. The van der Waals surface area contributed by atoms with Crippen LogP contribution in [0.5, 0.6) is 11.5 Å². The van der Waals surface area contributed by atoms with Crippen LogP contribution >= 0.6 is 0 Å². The number of methoxy groups -OCH3 is 1. The van der Waals surface area contributed by atoms with Gasteiger partial charge in [0.2, 0.25) is 0 Å². The summed E-state index contributed by atoms with van der Waals surface area (Å²) in [7, 11) is 1.53. The standard InChI is InChI=1S/C20H20O5/c1-14(2)20(22)25-12-11-24-18-13-16(23-3)9-10-17(18)19(21)15-7-5-4-6-8-15/h4-10,13H,1,11-12H2,2-3H3. The van der Waals surface area contributed by atoms with Crippen molar-refractivity contribution in [3.05, 3.63) is 71.8 Å². The molecule has 0 N–H and O–H groups in total. The highest BCUT2D eigenvalue weighted by Gasteiger charge is 2.16. The third-order valence-electron chi connectivity index (χ3n) is 3.39. The Morgan fingerprint density at radius 3 is 2.40 bits per heavy atom. The molecule has 5 nitrogen and oxygen atoms in total. The second kappa shape index (κ2) is 8.68. The summed E-state index contributed by atoms with van der Waals surface area (Å²) in [6.45, 7) is 5.25. The number of carbonyl (C=O) groups is 2. The van der Waals surface area contributed by atoms with Crippen molar-refractivity contribution in [2.75, 3.05) is 20.3 Å². The minimum atomic E-state index is -0.477. The van der Waals surface area contributed by atoms with E-state index >= 15 is 0 Å². The zero-order valence-corrected chi connectivity index (χ0v) is 14.3. The monoisotopic (exact) mass is 340 g/mol. The third-order valence-corrected chi connectivity index (χ3v) is 3.39. The minimum absolute atomic E-state index is 0.0574. The van der Waals surface area contributed by atoms with E-state index in [4.69, 9.17) is 14.2 Å². The van der Waals surface area contributed by atoms with Gasteiger partial charge in [0.25, 0.3) is 0 Å². The van der Waals surface area contributed by atoms with E-state index < -0.39 is 5.97 Å². The second-order valence-electron chi connectivity index (χ2n) is 5.32. The lowest BCUT2D eigenvalue weighted by Crippen LogP contribution is -2.14. The second-order valence-corrected chi connectivity index (χ2v) is 5.32. The molecule has 130 valence electrons. The van der Waals surface area contributed by atoms with E-state index in [-0.39, 0.29) is 19.0 Å². The predicted molar refractivity (Wildman–Crippen MR) is 94.1 cm³/mol. The molecule has 0 unspecified atom stereocenters. The van der Waals surface area contributed by atoms with Crippen LogP contribution in [0.25, 0.3) is 0 Å². The van der Waals surface area contributed by atoms with E-state index in [1.165, 1.54) is 7.11 Å². The van der Waals surface area contributed by atoms with E-state index in [1.807, 2.05) is 6.07 Å². The Kier molecular flexibility index (Phi) is 6.34. The summed E-state index contributed by atoms with van der Waals surface area (Å²) in [6.07, 6.45) is 0. The van der Waals surface area contributed by atoms with Gasteiger partial charge in [0.05, 0.1) is 12.7 Å². The topological polar surface area (TPSA) is 61.8 Å². The molecule has 0 bridgehead atoms. The van der Waals surface area contributed by atoms with Gasteiger partial charge in [0, 0.05) is 17.2 Å². The van der Waals surface area contributed by atoms with Gasteiger partial charge in [-0.3, -0.25) is 4.79 Å². The Morgan fingerprint density at radius 2 is 1.76 bits per heavy atom. The van der Waals surface area contributed by atoms with Gasteiger partial charge >= 0.3 is 5.97 Å². The molecular weight excluding hydrogens is 320 g/mol. The number of benzene rings is 2. The molecule has 2 aromatic carbocycles. The van der Waals surface area contributed by atoms with Crippen molar-refractivity contribution >= 4 is 11.8 Å². The van der Waals surface area contributed by atoms with Crippen LogP contribution in [0.1, 0.15) is 22.8 Å². The molecule has 0 aromatic heterocycles. The van der Waals surface area contributed by atoms with Crippen molar-refractivity contribution in [2.24, 2.45) is 0 Å². The summed E-state index contributed by atoms with van der Waals surface area (Å²) in [5.41, 5.74) is 1.30. The summed E-state index contributed by atoms with van der Waals surface area (Å²) in [5.74, 6) is 0.310. The summed E-state index contributed by atoms with van der Waals surface area (Å²) in [4.78, 5) is 24.0. The van der Waals surface area contributed by atoms with Gasteiger partial charge in [-0.25, -0.2) is 4.79 Å². The Bertz CT molecular complexity index is 765. The van der Waals surface area contributed by atoms with Gasteiger partial charge in [0.15, 0.2) is 5.78 Å². The van der Waals surface area contributed by atoms with Crippen molar-refractivity contribution in [3.8, 4) is 11.5 Å². The normalized spacial score (nSPS) is 10.0. The van der Waals surface area contributed by atoms with E-state index in [0.717, 1.165) is 0 Å². The first-order chi connectivity index (χ1) is 12.0. The van der Waals surface area contributed by atoms with Crippen LogP contribution < -0.4 is 9.47 Å². The van der Waals surface area contributed by atoms with Crippen molar-refractivity contribution in [3.63, 3.8) is 0 Å². The van der Waals surface area contributed by atoms with Gasteiger partial charge in [0.1, 0.15) is 24.7 Å². The molecular formula is C20H20O5. The van der Waals surface area contributed by atoms with Crippen LogP contribution in [-0.4, -0.2) is 32.1 Å². The number of rotatable bonds is 8. The van der Waals surface area contributed by atoms with Crippen LogP contribution in [0.3, 0.4) is 0 Å². The maximum atomic E-state index is 12.7. The molecule has 0 aliphatic carbocycles. The van der Waals surface area contributed by atoms with Crippen molar-refractivity contribution in [1.29, 1.82) is 0 Å². The molecule has 0 saturated carbocycles. The van der Waals surface area contributed by atoms with E-state index in [9.17, 15) is 9.59 Å². The molecule has 0 heterocycles. The van der Waals surface area contributed by atoms with Crippen molar-refractivity contribution in [1.82, 2.24) is 0 Å². The summed E-state index contributed by atoms with van der Waals surface area (Å²) in [5, 5.41) is 0. The lowest BCUT2D eigenvalue weighted by Gasteiger charge is -2.13. The highest BCUT2D eigenvalue weighted by Crippen LogP contribution is 2.27. The maximum absolute atomic E-state index is 12.7. The zero-order valence-electron chi connectivity index (χ0n) is 14.3. The number of carbonyl (C=O) groups excluding carboxylic acids is 2. The molecule has 0 aliphatic rings. The molecule has 5 heteroatoms. The highest BCUT2D eigenvalue weighted by atomic mass is 16.6. The lowest BCUT2D eigenvalue weighted by molar-refractivity contribution is -0.139. The minimum Gasteiger partial charge on any atom is -0.497 e. The molecule has 0 atom stereocenters. The molecule has 0 aliphatic heterocycles. The fourth-order valence-corrected chi connectivity index (χ4v) is 2.09. The average Bonchev–Trinajstić information content (AvgIpc) is 2.64. The first kappa shape index (κ1) is 18.3. The Balaban J connectivity index is 2.13. The first-order valence-corrected chi connectivity index (χ1v) is 7.76. The molecule has 0 amide bonds. The number of ketones is 1. The molecule has 25 heavy (non-hydrogen) atoms. The van der Waals surface area contributed by atoms with Gasteiger partial charge in [-0.05, 0) is 19.1 Å². The summed E-state index contributed by atoms with van der Waals surface area (Å²) >= 11 is 0. The summed E-state index contributed by atoms with van der Waals surface area (Å²) < 4.78 is 15.8. The lowest BCUT2D eigenvalue weighted by atomic mass is 10.0. The van der Waals surface area contributed by atoms with Gasteiger partial charge < -0.3 is 14.2 Å². The fraction of sp³-hybridized carbons (Fsp3) is 0.200. The Hall–Kier alpha value is -3.08. The molecule has 2 rings (SSSR count). The highest BCUT2D eigenvalue weighted by molar-refractivity contribution is 6.10. The van der Waals surface area contributed by atoms with Crippen LogP contribution in [0.2, 0.25) is 0 Å². The SMILES string of the molecule is C=C(C)C(=O)OCCOc1cc(OC)ccc1C(=O)c1ccccc1. The smallest absolute Gasteiger partial charge is 0.333 e. The molecule has 0 fully saturated rings. The Labute approximate surface area is 146 Å². The number of ether oxygens (including phenoxy) is 3. The van der Waals surface area contributed by atoms with Crippen LogP contribution in [0, 0.1) is 0 Å². The molecule has 0 radical (unpaired) electrons. The largest absolute Gasteiger partial charge is 0.497 e. The molecule has 2 aromatic rings. The van der Waals surface area contributed by atoms with E-state index in [0.29, 0.717) is 28.2 Å². The van der Waals surface area contributed by atoms with Gasteiger partial charge in [-0.15, -0.1) is 0 Å². The van der Waals surface area contributed by atoms with Crippen molar-refractivity contribution in [2.45, 2.75) is 6.92 Å². The van der Waals surface area contributed by atoms with Crippen LogP contribution in [0.4, 0.5) is 0 Å². The maximum Gasteiger partial charge on any atom is 0.333 e.